The molecule has 0 N–H and O–H groups in total. The zero-order chi connectivity index (χ0) is 8.04. The number of rotatable bonds is 2. The summed E-state index contributed by atoms with van der Waals surface area (Å²) in [5.41, 5.74) is 2.20. The summed E-state index contributed by atoms with van der Waals surface area (Å²) in [5.74, 6) is 0. The summed E-state index contributed by atoms with van der Waals surface area (Å²) in [6.45, 7) is 6.76. The molecule has 0 saturated carbocycles. The Morgan fingerprint density at radius 2 is 1.80 bits per heavy atom. The van der Waals surface area contributed by atoms with Crippen molar-refractivity contribution in [1.29, 1.82) is 5.26 Å². The van der Waals surface area contributed by atoms with Crippen LogP contribution in [0.3, 0.4) is 0 Å². The Balaban J connectivity index is 3.81. The van der Waals surface area contributed by atoms with E-state index in [0.717, 1.165) is 0 Å². The summed E-state index contributed by atoms with van der Waals surface area (Å²) in [6, 6.07) is 1.94. The molecule has 0 atom stereocenters. The number of hydrogen-bond donors (Lipinski definition) is 0. The minimum Gasteiger partial charge on any atom is -0.193 e. The number of nitrogens with zero attached hydrogens (tertiary/aromatic N) is 1. The van der Waals surface area contributed by atoms with Gasteiger partial charge in [0.15, 0.2) is 0 Å². The molecular formula is C8H13NSi. The molecule has 0 aromatic carbocycles. The van der Waals surface area contributed by atoms with E-state index in [0.29, 0.717) is 0 Å². The van der Waals surface area contributed by atoms with Crippen molar-refractivity contribution in [3.05, 3.63) is 23.9 Å². The lowest BCUT2D eigenvalue weighted by atomic mass is 10.5. The van der Waals surface area contributed by atoms with Crippen molar-refractivity contribution in [3.63, 3.8) is 0 Å². The number of hydrogen-bond acceptors (Lipinski definition) is 1. The molecule has 0 aromatic heterocycles. The zero-order valence-corrected chi connectivity index (χ0v) is 7.76. The van der Waals surface area contributed by atoms with Crippen LogP contribution in [0.4, 0.5) is 0 Å². The molecule has 0 rings (SSSR count). The predicted octanol–water partition coefficient (Wildman–Crippen LogP) is 2.50. The molecule has 10 heavy (non-hydrogen) atoms. The molecule has 0 radical (unpaired) electrons. The van der Waals surface area contributed by atoms with Gasteiger partial charge < -0.3 is 0 Å². The fourth-order valence-corrected chi connectivity index (χ4v) is 1.13. The Kier molecular flexibility index (Phi) is 3.74. The van der Waals surface area contributed by atoms with E-state index in [-0.39, 0.29) is 0 Å². The van der Waals surface area contributed by atoms with Gasteiger partial charge >= 0.3 is 0 Å². The first-order chi connectivity index (χ1) is 4.56. The van der Waals surface area contributed by atoms with Crippen molar-refractivity contribution in [2.24, 2.45) is 0 Å². The maximum absolute atomic E-state index is 8.14. The van der Waals surface area contributed by atoms with Crippen molar-refractivity contribution in [2.45, 2.75) is 19.6 Å². The average Bonchev–Trinajstić information content (AvgIpc) is 1.78. The van der Waals surface area contributed by atoms with E-state index in [2.05, 4.69) is 25.3 Å². The molecule has 2 heteroatoms. The molecule has 0 heterocycles. The first-order valence-electron chi connectivity index (χ1n) is 3.30. The van der Waals surface area contributed by atoms with Crippen LogP contribution < -0.4 is 0 Å². The van der Waals surface area contributed by atoms with Gasteiger partial charge in [-0.1, -0.05) is 37.5 Å². The van der Waals surface area contributed by atoms with Crippen LogP contribution in [0, 0.1) is 11.3 Å². The monoisotopic (exact) mass is 151 g/mol. The lowest BCUT2D eigenvalue weighted by molar-refractivity contribution is 1.53. The van der Waals surface area contributed by atoms with Gasteiger partial charge in [0.25, 0.3) is 0 Å². The molecule has 0 amide bonds. The van der Waals surface area contributed by atoms with E-state index in [1.54, 1.807) is 6.08 Å². The largest absolute Gasteiger partial charge is 0.193 e. The third kappa shape index (κ3) is 7.19. The van der Waals surface area contributed by atoms with Crippen LogP contribution in [0.2, 0.25) is 19.6 Å². The fourth-order valence-electron chi connectivity index (χ4n) is 0.443. The average molecular weight is 151 g/mol. The molecule has 0 fully saturated rings. The van der Waals surface area contributed by atoms with Gasteiger partial charge in [-0.15, -0.1) is 0 Å². The summed E-state index contributed by atoms with van der Waals surface area (Å²) in [4.78, 5) is 0. The van der Waals surface area contributed by atoms with Gasteiger partial charge in [0.2, 0.25) is 0 Å². The van der Waals surface area contributed by atoms with Crippen molar-refractivity contribution in [2.75, 3.05) is 0 Å². The highest BCUT2D eigenvalue weighted by molar-refractivity contribution is 6.80. The second kappa shape index (κ2) is 4.07. The molecular weight excluding hydrogens is 138 g/mol. The van der Waals surface area contributed by atoms with Gasteiger partial charge in [-0.3, -0.25) is 0 Å². The van der Waals surface area contributed by atoms with Crippen molar-refractivity contribution in [1.82, 2.24) is 0 Å². The molecule has 0 unspecified atom stereocenters. The van der Waals surface area contributed by atoms with Gasteiger partial charge in [-0.25, -0.2) is 0 Å². The first-order valence-corrected chi connectivity index (χ1v) is 6.88. The minimum absolute atomic E-state index is 1.05. The van der Waals surface area contributed by atoms with Crippen LogP contribution in [0.25, 0.3) is 0 Å². The topological polar surface area (TPSA) is 23.8 Å². The Morgan fingerprint density at radius 3 is 2.20 bits per heavy atom. The van der Waals surface area contributed by atoms with Gasteiger partial charge in [-0.2, -0.15) is 5.26 Å². The molecule has 0 spiro atoms. The molecule has 0 saturated heterocycles. The van der Waals surface area contributed by atoms with E-state index < -0.39 is 8.07 Å². The molecule has 0 aliphatic heterocycles. The van der Waals surface area contributed by atoms with Crippen LogP contribution in [0.5, 0.6) is 0 Å². The minimum atomic E-state index is -1.05. The van der Waals surface area contributed by atoms with Crippen molar-refractivity contribution in [3.8, 4) is 6.07 Å². The summed E-state index contributed by atoms with van der Waals surface area (Å²) < 4.78 is 0. The standard InChI is InChI=1S/C8H13NSi/c1-10(2,3)8-6-4-5-7-9/h4-6,8H,1-3H3/b5-4+,8-6-. The van der Waals surface area contributed by atoms with Gasteiger partial charge in [0, 0.05) is 6.08 Å². The van der Waals surface area contributed by atoms with E-state index in [1.807, 2.05) is 12.1 Å². The van der Waals surface area contributed by atoms with Gasteiger partial charge in [0.1, 0.15) is 0 Å². The predicted molar refractivity (Wildman–Crippen MR) is 47.2 cm³/mol. The highest BCUT2D eigenvalue weighted by Gasteiger charge is 2.05. The molecule has 0 aromatic rings. The Hall–Kier alpha value is -0.813. The van der Waals surface area contributed by atoms with E-state index in [9.17, 15) is 0 Å². The molecule has 1 nitrogen and oxygen atoms in total. The SMILES string of the molecule is C[Si](C)(C)/C=C\C=C\C#N. The third-order valence-electron chi connectivity index (χ3n) is 0.878. The van der Waals surface area contributed by atoms with E-state index in [1.165, 1.54) is 6.08 Å². The third-order valence-corrected chi connectivity index (χ3v) is 2.07. The van der Waals surface area contributed by atoms with Gasteiger partial charge in [0.05, 0.1) is 14.1 Å². The summed E-state index contributed by atoms with van der Waals surface area (Å²) in [6.07, 6.45) is 5.21. The van der Waals surface area contributed by atoms with Crippen LogP contribution in [-0.4, -0.2) is 8.07 Å². The molecule has 0 aliphatic rings. The highest BCUT2D eigenvalue weighted by Crippen LogP contribution is 2.01. The summed E-state index contributed by atoms with van der Waals surface area (Å²) >= 11 is 0. The summed E-state index contributed by atoms with van der Waals surface area (Å²) in [7, 11) is -1.05. The smallest absolute Gasteiger partial charge is 0.0912 e. The Morgan fingerprint density at radius 1 is 1.20 bits per heavy atom. The van der Waals surface area contributed by atoms with Crippen LogP contribution in [0.1, 0.15) is 0 Å². The van der Waals surface area contributed by atoms with E-state index >= 15 is 0 Å². The number of nitriles is 1. The second-order valence-electron chi connectivity index (χ2n) is 3.21. The van der Waals surface area contributed by atoms with Crippen LogP contribution in [-0.2, 0) is 0 Å². The van der Waals surface area contributed by atoms with E-state index in [4.69, 9.17) is 5.26 Å². The molecule has 0 bridgehead atoms. The quantitative estimate of drug-likeness (QED) is 0.338. The zero-order valence-electron chi connectivity index (χ0n) is 6.76. The van der Waals surface area contributed by atoms with Crippen LogP contribution in [0.15, 0.2) is 23.9 Å². The van der Waals surface area contributed by atoms with Gasteiger partial charge in [-0.05, 0) is 0 Å². The maximum Gasteiger partial charge on any atom is 0.0912 e. The Labute approximate surface area is 63.7 Å². The lowest BCUT2D eigenvalue weighted by Gasteiger charge is -2.06. The number of allylic oxidation sites excluding steroid dienone is 3. The first kappa shape index (κ1) is 9.19. The molecule has 0 aliphatic carbocycles. The normalized spacial score (nSPS) is 12.6. The fraction of sp³-hybridized carbons (Fsp3) is 0.375. The lowest BCUT2D eigenvalue weighted by Crippen LogP contribution is -2.14. The maximum atomic E-state index is 8.14. The van der Waals surface area contributed by atoms with Crippen LogP contribution >= 0.6 is 0 Å². The highest BCUT2D eigenvalue weighted by atomic mass is 28.3. The van der Waals surface area contributed by atoms with Crippen molar-refractivity contribution < 1.29 is 0 Å². The Bertz CT molecular complexity index is 178. The second-order valence-corrected chi connectivity index (χ2v) is 8.28. The summed E-state index contributed by atoms with van der Waals surface area (Å²) in [5, 5.41) is 8.14. The molecule has 54 valence electrons. The van der Waals surface area contributed by atoms with Crippen molar-refractivity contribution >= 4 is 8.07 Å².